The van der Waals surface area contributed by atoms with Gasteiger partial charge in [-0.3, -0.25) is 4.79 Å². The van der Waals surface area contributed by atoms with Gasteiger partial charge in [0.25, 0.3) is 5.91 Å². The van der Waals surface area contributed by atoms with Crippen molar-refractivity contribution in [3.05, 3.63) is 23.8 Å². The topological polar surface area (TPSA) is 69.6 Å². The smallest absolute Gasteiger partial charge is 0.251 e. The van der Waals surface area contributed by atoms with Crippen LogP contribution in [-0.4, -0.2) is 22.7 Å². The maximum Gasteiger partial charge on any atom is 0.251 e. The summed E-state index contributed by atoms with van der Waals surface area (Å²) < 4.78 is 0. The highest BCUT2D eigenvalue weighted by Gasteiger charge is 2.07. The molecular formula is C11H15NO3. The molecule has 0 aliphatic carbocycles. The summed E-state index contributed by atoms with van der Waals surface area (Å²) in [6.07, 6.45) is 1.94. The first kappa shape index (κ1) is 11.4. The largest absolute Gasteiger partial charge is 0.504 e. The van der Waals surface area contributed by atoms with Gasteiger partial charge in [0, 0.05) is 12.1 Å². The van der Waals surface area contributed by atoms with Crippen molar-refractivity contribution in [3.63, 3.8) is 0 Å². The Morgan fingerprint density at radius 2 is 2.07 bits per heavy atom. The first-order valence-corrected chi connectivity index (χ1v) is 4.95. The van der Waals surface area contributed by atoms with Crippen molar-refractivity contribution in [2.24, 2.45) is 0 Å². The lowest BCUT2D eigenvalue weighted by molar-refractivity contribution is 0.0952. The van der Waals surface area contributed by atoms with Crippen LogP contribution in [0.5, 0.6) is 11.5 Å². The van der Waals surface area contributed by atoms with Crippen molar-refractivity contribution >= 4 is 5.91 Å². The van der Waals surface area contributed by atoms with Crippen molar-refractivity contribution in [3.8, 4) is 11.5 Å². The highest BCUT2D eigenvalue weighted by molar-refractivity contribution is 5.94. The van der Waals surface area contributed by atoms with Crippen LogP contribution >= 0.6 is 0 Å². The summed E-state index contributed by atoms with van der Waals surface area (Å²) in [6.45, 7) is 2.66. The molecule has 4 heteroatoms. The monoisotopic (exact) mass is 209 g/mol. The van der Waals surface area contributed by atoms with E-state index in [1.165, 1.54) is 18.2 Å². The minimum Gasteiger partial charge on any atom is -0.504 e. The molecule has 0 radical (unpaired) electrons. The Labute approximate surface area is 88.6 Å². The summed E-state index contributed by atoms with van der Waals surface area (Å²) in [6, 6.07) is 4.01. The van der Waals surface area contributed by atoms with E-state index in [9.17, 15) is 9.90 Å². The highest BCUT2D eigenvalue weighted by atomic mass is 16.3. The number of aromatic hydroxyl groups is 2. The second kappa shape index (κ2) is 5.24. The Morgan fingerprint density at radius 3 is 2.67 bits per heavy atom. The summed E-state index contributed by atoms with van der Waals surface area (Å²) in [5.74, 6) is -0.739. The molecular weight excluding hydrogens is 194 g/mol. The summed E-state index contributed by atoms with van der Waals surface area (Å²) in [7, 11) is 0. The van der Waals surface area contributed by atoms with E-state index in [0.717, 1.165) is 12.8 Å². The van der Waals surface area contributed by atoms with Crippen LogP contribution < -0.4 is 5.32 Å². The third-order valence-corrected chi connectivity index (χ3v) is 2.05. The van der Waals surface area contributed by atoms with Crippen LogP contribution in [0, 0.1) is 0 Å². The summed E-state index contributed by atoms with van der Waals surface area (Å²) >= 11 is 0. The van der Waals surface area contributed by atoms with Crippen LogP contribution in [0.2, 0.25) is 0 Å². The molecule has 0 aromatic heterocycles. The van der Waals surface area contributed by atoms with Gasteiger partial charge in [-0.25, -0.2) is 0 Å². The van der Waals surface area contributed by atoms with Crippen molar-refractivity contribution in [2.45, 2.75) is 19.8 Å². The van der Waals surface area contributed by atoms with E-state index in [1.54, 1.807) is 0 Å². The molecule has 0 saturated carbocycles. The molecule has 0 saturated heterocycles. The average Bonchev–Trinajstić information content (AvgIpc) is 2.22. The zero-order valence-electron chi connectivity index (χ0n) is 8.66. The Bertz CT molecular complexity index is 350. The lowest BCUT2D eigenvalue weighted by Gasteiger charge is -2.05. The molecule has 0 unspecified atom stereocenters. The van der Waals surface area contributed by atoms with Crippen molar-refractivity contribution in [1.82, 2.24) is 5.32 Å². The third-order valence-electron chi connectivity index (χ3n) is 2.05. The molecule has 1 amide bonds. The fourth-order valence-corrected chi connectivity index (χ4v) is 1.15. The van der Waals surface area contributed by atoms with Crippen LogP contribution in [0.15, 0.2) is 18.2 Å². The second-order valence-electron chi connectivity index (χ2n) is 3.31. The average molecular weight is 209 g/mol. The third kappa shape index (κ3) is 3.16. The zero-order valence-corrected chi connectivity index (χ0v) is 8.66. The minimum absolute atomic E-state index is 0.222. The first-order chi connectivity index (χ1) is 7.15. The van der Waals surface area contributed by atoms with Gasteiger partial charge in [0.2, 0.25) is 0 Å². The molecule has 0 bridgehead atoms. The molecule has 3 N–H and O–H groups in total. The Hall–Kier alpha value is -1.71. The van der Waals surface area contributed by atoms with E-state index in [0.29, 0.717) is 12.1 Å². The molecule has 0 fully saturated rings. The van der Waals surface area contributed by atoms with Gasteiger partial charge in [-0.15, -0.1) is 0 Å². The highest BCUT2D eigenvalue weighted by Crippen LogP contribution is 2.24. The fourth-order valence-electron chi connectivity index (χ4n) is 1.15. The molecule has 0 aliphatic rings. The van der Waals surface area contributed by atoms with Crippen LogP contribution in [0.25, 0.3) is 0 Å². The molecule has 0 spiro atoms. The van der Waals surface area contributed by atoms with Crippen molar-refractivity contribution < 1.29 is 15.0 Å². The molecule has 0 atom stereocenters. The van der Waals surface area contributed by atoms with Gasteiger partial charge < -0.3 is 15.5 Å². The van der Waals surface area contributed by atoms with E-state index in [2.05, 4.69) is 5.32 Å². The van der Waals surface area contributed by atoms with Gasteiger partial charge in [0.1, 0.15) is 0 Å². The molecule has 1 rings (SSSR count). The van der Waals surface area contributed by atoms with Gasteiger partial charge in [-0.05, 0) is 24.6 Å². The predicted octanol–water partition coefficient (Wildman–Crippen LogP) is 1.63. The standard InChI is InChI=1S/C11H15NO3/c1-2-3-6-12-11(15)8-4-5-9(13)10(14)7-8/h4-5,7,13-14H,2-3,6H2,1H3,(H,12,15). The van der Waals surface area contributed by atoms with Crippen LogP contribution in [0.3, 0.4) is 0 Å². The number of phenolic OH excluding ortho intramolecular Hbond substituents is 2. The Morgan fingerprint density at radius 1 is 1.33 bits per heavy atom. The number of hydrogen-bond donors (Lipinski definition) is 3. The van der Waals surface area contributed by atoms with Gasteiger partial charge >= 0.3 is 0 Å². The number of carbonyl (C=O) groups excluding carboxylic acids is 1. The molecule has 15 heavy (non-hydrogen) atoms. The first-order valence-electron chi connectivity index (χ1n) is 4.95. The van der Waals surface area contributed by atoms with Crippen LogP contribution in [0.4, 0.5) is 0 Å². The maximum atomic E-state index is 11.5. The SMILES string of the molecule is CCCCNC(=O)c1ccc(O)c(O)c1. The van der Waals surface area contributed by atoms with E-state index in [1.807, 2.05) is 6.92 Å². The molecule has 1 aromatic rings. The second-order valence-corrected chi connectivity index (χ2v) is 3.31. The normalized spacial score (nSPS) is 9.93. The summed E-state index contributed by atoms with van der Waals surface area (Å²) in [5, 5.41) is 21.0. The number of carbonyl (C=O) groups is 1. The van der Waals surface area contributed by atoms with Crippen molar-refractivity contribution in [1.29, 1.82) is 0 Å². The van der Waals surface area contributed by atoms with Crippen LogP contribution in [-0.2, 0) is 0 Å². The van der Waals surface area contributed by atoms with E-state index in [4.69, 9.17) is 5.11 Å². The van der Waals surface area contributed by atoms with Gasteiger partial charge in [0.05, 0.1) is 0 Å². The van der Waals surface area contributed by atoms with Gasteiger partial charge in [-0.1, -0.05) is 13.3 Å². The van der Waals surface area contributed by atoms with Gasteiger partial charge in [0.15, 0.2) is 11.5 Å². The van der Waals surface area contributed by atoms with Crippen LogP contribution in [0.1, 0.15) is 30.1 Å². The lowest BCUT2D eigenvalue weighted by atomic mass is 10.2. The maximum absolute atomic E-state index is 11.5. The predicted molar refractivity (Wildman–Crippen MR) is 57.0 cm³/mol. The minimum atomic E-state index is -0.279. The number of amides is 1. The number of unbranched alkanes of at least 4 members (excludes halogenated alkanes) is 1. The zero-order chi connectivity index (χ0) is 11.3. The quantitative estimate of drug-likeness (QED) is 0.521. The Kier molecular flexibility index (Phi) is 3.97. The molecule has 1 aromatic carbocycles. The van der Waals surface area contributed by atoms with Crippen molar-refractivity contribution in [2.75, 3.05) is 6.54 Å². The number of phenols is 2. The van der Waals surface area contributed by atoms with Gasteiger partial charge in [-0.2, -0.15) is 0 Å². The molecule has 4 nitrogen and oxygen atoms in total. The fraction of sp³-hybridized carbons (Fsp3) is 0.364. The number of hydrogen-bond acceptors (Lipinski definition) is 3. The number of benzene rings is 1. The Balaban J connectivity index is 2.62. The summed E-state index contributed by atoms with van der Waals surface area (Å²) in [4.78, 5) is 11.5. The van der Waals surface area contributed by atoms with E-state index >= 15 is 0 Å². The molecule has 0 heterocycles. The lowest BCUT2D eigenvalue weighted by Crippen LogP contribution is -2.24. The molecule has 82 valence electrons. The number of nitrogens with one attached hydrogen (secondary N) is 1. The summed E-state index contributed by atoms with van der Waals surface area (Å²) in [5.41, 5.74) is 0.349. The van der Waals surface area contributed by atoms with E-state index < -0.39 is 0 Å². The number of rotatable bonds is 4. The molecule has 0 aliphatic heterocycles. The van der Waals surface area contributed by atoms with E-state index in [-0.39, 0.29) is 17.4 Å².